The van der Waals surface area contributed by atoms with Crippen molar-refractivity contribution < 1.29 is 69.0 Å². The van der Waals surface area contributed by atoms with Crippen LogP contribution in [0.5, 0.6) is 0 Å². The molecule has 2 heterocycles. The first-order chi connectivity index (χ1) is 35.1. The fraction of sp³-hybridized carbons (Fsp3) is 0.810. The summed E-state index contributed by atoms with van der Waals surface area (Å²) in [5.74, 6) is -0.500. The molecule has 72 heavy (non-hydrogen) atoms. The predicted molar refractivity (Wildman–Crippen MR) is 284 cm³/mol. The zero-order valence-electron chi connectivity index (χ0n) is 44.7. The second-order valence-electron chi connectivity index (χ2n) is 19.8. The van der Waals surface area contributed by atoms with Gasteiger partial charge in [-0.1, -0.05) is 216 Å². The number of allylic oxidation sites excluding steroid dienone is 9. The normalized spacial score (nSPS) is 25.6. The van der Waals surface area contributed by atoms with Crippen LogP contribution in [0.15, 0.2) is 60.8 Å². The minimum atomic E-state index is -1.72. The highest BCUT2D eigenvalue weighted by molar-refractivity contribution is 5.71. The van der Waals surface area contributed by atoms with Crippen molar-refractivity contribution >= 4 is 5.97 Å². The molecule has 0 aromatic rings. The molecule has 418 valence electrons. The molecule has 0 aromatic heterocycles. The molecule has 2 saturated heterocycles. The molecule has 14 heteroatoms. The highest BCUT2D eigenvalue weighted by Gasteiger charge is 2.47. The molecule has 0 saturated carbocycles. The fourth-order valence-electron chi connectivity index (χ4n) is 8.77. The summed E-state index contributed by atoms with van der Waals surface area (Å²) in [5, 5.41) is 72.2. The Balaban J connectivity index is 1.73. The van der Waals surface area contributed by atoms with E-state index in [9.17, 15) is 40.5 Å². The van der Waals surface area contributed by atoms with Crippen molar-refractivity contribution in [3.05, 3.63) is 60.8 Å². The lowest BCUT2D eigenvalue weighted by molar-refractivity contribution is -0.332. The number of hydrogen-bond donors (Lipinski definition) is 7. The summed E-state index contributed by atoms with van der Waals surface area (Å²) in [6.45, 7) is 3.47. The van der Waals surface area contributed by atoms with Crippen LogP contribution in [-0.2, 0) is 33.2 Å². The van der Waals surface area contributed by atoms with E-state index >= 15 is 0 Å². The van der Waals surface area contributed by atoms with Crippen LogP contribution in [0.1, 0.15) is 200 Å². The van der Waals surface area contributed by atoms with Crippen molar-refractivity contribution in [1.82, 2.24) is 0 Å². The highest BCUT2D eigenvalue weighted by atomic mass is 16.7. The van der Waals surface area contributed by atoms with Crippen molar-refractivity contribution in [2.75, 3.05) is 33.0 Å². The zero-order valence-corrected chi connectivity index (χ0v) is 44.7. The summed E-state index contributed by atoms with van der Waals surface area (Å²) in [5.41, 5.74) is 0. The van der Waals surface area contributed by atoms with Gasteiger partial charge < -0.3 is 64.2 Å². The molecule has 0 bridgehead atoms. The summed E-state index contributed by atoms with van der Waals surface area (Å²) < 4.78 is 34.2. The van der Waals surface area contributed by atoms with Crippen molar-refractivity contribution in [3.63, 3.8) is 0 Å². The fourth-order valence-corrected chi connectivity index (χ4v) is 8.77. The van der Waals surface area contributed by atoms with Gasteiger partial charge in [0.15, 0.2) is 12.6 Å². The largest absolute Gasteiger partial charge is 0.457 e. The van der Waals surface area contributed by atoms with E-state index in [1.165, 1.54) is 128 Å². The maximum absolute atomic E-state index is 13.0. The average Bonchev–Trinajstić information content (AvgIpc) is 3.38. The Morgan fingerprint density at radius 2 is 0.847 bits per heavy atom. The Labute approximate surface area is 434 Å². The molecule has 7 N–H and O–H groups in total. The molecule has 11 atom stereocenters. The number of aliphatic hydroxyl groups is 7. The number of rotatable bonds is 45. The maximum atomic E-state index is 13.0. The van der Waals surface area contributed by atoms with Gasteiger partial charge in [0.25, 0.3) is 0 Å². The van der Waals surface area contributed by atoms with Gasteiger partial charge >= 0.3 is 5.97 Å². The van der Waals surface area contributed by atoms with E-state index in [-0.39, 0.29) is 19.6 Å². The molecule has 0 radical (unpaired) electrons. The van der Waals surface area contributed by atoms with E-state index in [0.29, 0.717) is 13.0 Å². The SMILES string of the molecule is CC/C=C\C/C=C\C/C=C\C/C=C\C/C=C\CC(=O)OC(COCCCCCCCCCCCCCCCCCCCCCCCCC)COC1OC(COC2OC(CO)C(O)C(O)C2O)C(O)C(O)C1O. The monoisotopic (exact) mass is 1020 g/mol. The van der Waals surface area contributed by atoms with Crippen LogP contribution in [-0.4, -0.2) is 142 Å². The minimum absolute atomic E-state index is 0.0221. The first-order valence-corrected chi connectivity index (χ1v) is 28.4. The van der Waals surface area contributed by atoms with Crippen LogP contribution in [0.4, 0.5) is 0 Å². The van der Waals surface area contributed by atoms with Crippen LogP contribution >= 0.6 is 0 Å². The van der Waals surface area contributed by atoms with E-state index in [4.69, 9.17) is 28.4 Å². The molecule has 14 nitrogen and oxygen atoms in total. The summed E-state index contributed by atoms with van der Waals surface area (Å²) in [4.78, 5) is 13.0. The van der Waals surface area contributed by atoms with Crippen molar-refractivity contribution in [2.45, 2.75) is 268 Å². The molecule has 2 aliphatic rings. The van der Waals surface area contributed by atoms with Crippen LogP contribution in [0.2, 0.25) is 0 Å². The second kappa shape index (κ2) is 44.9. The van der Waals surface area contributed by atoms with Crippen molar-refractivity contribution in [1.29, 1.82) is 0 Å². The van der Waals surface area contributed by atoms with E-state index in [1.54, 1.807) is 6.08 Å². The second-order valence-corrected chi connectivity index (χ2v) is 19.8. The predicted octanol–water partition coefficient (Wildman–Crippen LogP) is 9.69. The first-order valence-electron chi connectivity index (χ1n) is 28.4. The summed E-state index contributed by atoms with van der Waals surface area (Å²) in [6, 6.07) is 0. The van der Waals surface area contributed by atoms with Crippen LogP contribution in [0.25, 0.3) is 0 Å². The Morgan fingerprint density at radius 3 is 1.29 bits per heavy atom. The van der Waals surface area contributed by atoms with Gasteiger partial charge in [-0.05, 0) is 38.5 Å². The quantitative estimate of drug-likeness (QED) is 0.0172. The third-order valence-corrected chi connectivity index (χ3v) is 13.3. The molecule has 0 spiro atoms. The third-order valence-electron chi connectivity index (χ3n) is 13.3. The number of esters is 1. The number of aliphatic hydroxyl groups excluding tert-OH is 7. The lowest BCUT2D eigenvalue weighted by atomic mass is 9.98. The van der Waals surface area contributed by atoms with E-state index in [2.05, 4.69) is 56.4 Å². The number of ether oxygens (including phenoxy) is 6. The molecule has 2 fully saturated rings. The Bertz CT molecular complexity index is 1420. The third kappa shape index (κ3) is 31.5. The molecule has 0 aromatic carbocycles. The lowest BCUT2D eigenvalue weighted by Gasteiger charge is -2.42. The van der Waals surface area contributed by atoms with E-state index < -0.39 is 86.7 Å². The van der Waals surface area contributed by atoms with Gasteiger partial charge in [-0.15, -0.1) is 0 Å². The minimum Gasteiger partial charge on any atom is -0.457 e. The zero-order chi connectivity index (χ0) is 52.3. The Kier molecular flexibility index (Phi) is 41.1. The molecule has 2 aliphatic heterocycles. The standard InChI is InChI=1S/C58H102O14/c1-3-5-7-9-11-13-15-17-19-20-21-22-23-24-25-26-28-30-32-34-36-38-40-42-67-44-47(70-50(60)41-39-37-35-33-31-29-27-18-16-14-12-10-8-6-4-2)45-68-57-56(66)54(64)52(62)49(72-57)46-69-58-55(65)53(63)51(61)48(43-59)71-58/h6,8,12,14,18,27,31,33,37,39,47-49,51-59,61-66H,3-5,7,9-11,13,15-17,19-26,28-30,32,34-36,38,40-46H2,1-2H3/b8-6-,14-12-,27-18-,33-31-,39-37-. The van der Waals surface area contributed by atoms with E-state index in [0.717, 1.165) is 44.9 Å². The number of carbonyl (C=O) groups is 1. The Morgan fingerprint density at radius 1 is 0.458 bits per heavy atom. The van der Waals surface area contributed by atoms with Crippen molar-refractivity contribution in [3.8, 4) is 0 Å². The average molecular weight is 1020 g/mol. The summed E-state index contributed by atoms with van der Waals surface area (Å²) in [7, 11) is 0. The molecule has 0 amide bonds. The van der Waals surface area contributed by atoms with Gasteiger partial charge in [0, 0.05) is 6.61 Å². The Hall–Kier alpha value is -2.31. The first kappa shape index (κ1) is 65.8. The molecular formula is C58H102O14. The van der Waals surface area contributed by atoms with Crippen LogP contribution in [0, 0.1) is 0 Å². The number of unbranched alkanes of at least 4 members (excludes halogenated alkanes) is 22. The summed E-state index contributed by atoms with van der Waals surface area (Å²) >= 11 is 0. The highest BCUT2D eigenvalue weighted by Crippen LogP contribution is 2.26. The van der Waals surface area contributed by atoms with Gasteiger partial charge in [0.2, 0.25) is 0 Å². The summed E-state index contributed by atoms with van der Waals surface area (Å²) in [6.07, 6.45) is 39.0. The van der Waals surface area contributed by atoms with E-state index in [1.807, 2.05) is 12.2 Å². The molecule has 2 rings (SSSR count). The van der Waals surface area contributed by atoms with Gasteiger partial charge in [0.05, 0.1) is 32.8 Å². The van der Waals surface area contributed by atoms with Gasteiger partial charge in [-0.3, -0.25) is 4.79 Å². The van der Waals surface area contributed by atoms with Crippen molar-refractivity contribution in [2.24, 2.45) is 0 Å². The van der Waals surface area contributed by atoms with Gasteiger partial charge in [-0.25, -0.2) is 0 Å². The van der Waals surface area contributed by atoms with Crippen LogP contribution in [0.3, 0.4) is 0 Å². The number of carbonyl (C=O) groups excluding carboxylic acids is 1. The maximum Gasteiger partial charge on any atom is 0.310 e. The molecule has 0 aliphatic carbocycles. The van der Waals surface area contributed by atoms with Gasteiger partial charge in [-0.2, -0.15) is 0 Å². The number of hydrogen-bond acceptors (Lipinski definition) is 14. The molecule has 11 unspecified atom stereocenters. The topological polar surface area (TPSA) is 214 Å². The van der Waals surface area contributed by atoms with Crippen LogP contribution < -0.4 is 0 Å². The smallest absolute Gasteiger partial charge is 0.310 e. The molecular weight excluding hydrogens is 921 g/mol. The lowest BCUT2D eigenvalue weighted by Crippen LogP contribution is -2.61. The van der Waals surface area contributed by atoms with Gasteiger partial charge in [0.1, 0.15) is 54.9 Å².